The van der Waals surface area contributed by atoms with Gasteiger partial charge in [0.15, 0.2) is 16.1 Å². The van der Waals surface area contributed by atoms with Crippen LogP contribution in [0.2, 0.25) is 0 Å². The van der Waals surface area contributed by atoms with Gasteiger partial charge in [-0.15, -0.1) is 0 Å². The van der Waals surface area contributed by atoms with Crippen LogP contribution in [0.25, 0.3) is 0 Å². The number of rotatable bonds is 8. The lowest BCUT2D eigenvalue weighted by Gasteiger charge is -2.32. The largest absolute Gasteiger partial charge is 0.444 e. The van der Waals surface area contributed by atoms with Gasteiger partial charge in [-0.3, -0.25) is 0 Å². The van der Waals surface area contributed by atoms with Crippen LogP contribution in [0.3, 0.4) is 0 Å². The maximum atomic E-state index is 13.7. The van der Waals surface area contributed by atoms with Gasteiger partial charge in [0.1, 0.15) is 10.3 Å². The molecule has 31 heavy (non-hydrogen) atoms. The molecule has 1 heterocycles. The molecule has 1 aliphatic heterocycles. The third-order valence-electron chi connectivity index (χ3n) is 5.74. The van der Waals surface area contributed by atoms with Gasteiger partial charge in [-0.05, 0) is 58.6 Å². The zero-order valence-corrected chi connectivity index (χ0v) is 19.2. The first-order valence-corrected chi connectivity index (χ1v) is 12.2. The van der Waals surface area contributed by atoms with Crippen LogP contribution < -0.4 is 5.32 Å². The molecule has 2 fully saturated rings. The standard InChI is InChI=1S/C22H33NO7S/c1-21(2,3)30-20(25)23-18(15-29-19-11-7-8-12-28-19)22(13-16(22)14-24)31(26,27)17-9-5-4-6-10-17/h4-6,9-10,16,18-19,24H,7-8,11-15H2,1-3H3,(H,23,25). The van der Waals surface area contributed by atoms with Crippen molar-refractivity contribution in [2.24, 2.45) is 5.92 Å². The molecule has 9 heteroatoms. The number of ether oxygens (including phenoxy) is 3. The Morgan fingerprint density at radius 1 is 1.29 bits per heavy atom. The number of sulfone groups is 1. The van der Waals surface area contributed by atoms with Gasteiger partial charge in [0.2, 0.25) is 0 Å². The second-order valence-corrected chi connectivity index (χ2v) is 11.4. The van der Waals surface area contributed by atoms with Crippen LogP contribution in [0.1, 0.15) is 46.5 Å². The van der Waals surface area contributed by atoms with Crippen molar-refractivity contribution in [3.8, 4) is 0 Å². The minimum atomic E-state index is -3.88. The molecule has 1 aliphatic carbocycles. The quantitative estimate of drug-likeness (QED) is 0.620. The predicted octanol–water partition coefficient (Wildman–Crippen LogP) is 2.65. The fourth-order valence-electron chi connectivity index (χ4n) is 4.11. The number of benzene rings is 1. The van der Waals surface area contributed by atoms with Crippen LogP contribution >= 0.6 is 0 Å². The fourth-order valence-corrected chi connectivity index (χ4v) is 6.50. The molecule has 174 valence electrons. The van der Waals surface area contributed by atoms with Gasteiger partial charge >= 0.3 is 6.09 Å². The smallest absolute Gasteiger partial charge is 0.408 e. The summed E-state index contributed by atoms with van der Waals surface area (Å²) in [6.07, 6.45) is 1.67. The van der Waals surface area contributed by atoms with Crippen molar-refractivity contribution in [3.63, 3.8) is 0 Å². The van der Waals surface area contributed by atoms with E-state index in [4.69, 9.17) is 14.2 Å². The summed E-state index contributed by atoms with van der Waals surface area (Å²) in [4.78, 5) is 12.7. The van der Waals surface area contributed by atoms with E-state index in [1.807, 2.05) is 0 Å². The maximum absolute atomic E-state index is 13.7. The van der Waals surface area contributed by atoms with Gasteiger partial charge in [0.25, 0.3) is 0 Å². The van der Waals surface area contributed by atoms with Crippen molar-refractivity contribution in [2.45, 2.75) is 74.0 Å². The van der Waals surface area contributed by atoms with Crippen LogP contribution in [-0.4, -0.2) is 62.1 Å². The Hall–Kier alpha value is -1.68. The second kappa shape index (κ2) is 9.44. The Bertz CT molecular complexity index is 846. The summed E-state index contributed by atoms with van der Waals surface area (Å²) in [5.74, 6) is -0.520. The van der Waals surface area contributed by atoms with E-state index in [1.54, 1.807) is 39.0 Å². The lowest BCUT2D eigenvalue weighted by Crippen LogP contribution is -2.54. The number of hydrogen-bond donors (Lipinski definition) is 2. The maximum Gasteiger partial charge on any atom is 0.408 e. The van der Waals surface area contributed by atoms with Crippen molar-refractivity contribution in [2.75, 3.05) is 19.8 Å². The molecule has 0 radical (unpaired) electrons. The van der Waals surface area contributed by atoms with Gasteiger partial charge < -0.3 is 24.6 Å². The van der Waals surface area contributed by atoms with Crippen molar-refractivity contribution in [1.82, 2.24) is 5.32 Å². The van der Waals surface area contributed by atoms with Gasteiger partial charge in [0.05, 0.1) is 17.5 Å². The Morgan fingerprint density at radius 3 is 2.55 bits per heavy atom. The van der Waals surface area contributed by atoms with E-state index >= 15 is 0 Å². The summed E-state index contributed by atoms with van der Waals surface area (Å²) in [5, 5.41) is 12.6. The topological polar surface area (TPSA) is 111 Å². The molecule has 3 rings (SSSR count). The molecule has 1 aromatic carbocycles. The molecule has 0 aromatic heterocycles. The third-order valence-corrected chi connectivity index (χ3v) is 8.42. The molecule has 0 spiro atoms. The van der Waals surface area contributed by atoms with E-state index in [0.717, 1.165) is 12.8 Å². The molecule has 8 nitrogen and oxygen atoms in total. The first-order chi connectivity index (χ1) is 14.6. The number of hydrogen-bond acceptors (Lipinski definition) is 7. The second-order valence-electron chi connectivity index (χ2n) is 9.18. The highest BCUT2D eigenvalue weighted by atomic mass is 32.2. The van der Waals surface area contributed by atoms with E-state index in [2.05, 4.69) is 5.32 Å². The monoisotopic (exact) mass is 455 g/mol. The summed E-state index contributed by atoms with van der Waals surface area (Å²) in [6.45, 7) is 5.42. The number of alkyl carbamates (subject to hydrolysis) is 1. The number of carbonyl (C=O) groups is 1. The Labute approximate surface area is 184 Å². The lowest BCUT2D eigenvalue weighted by atomic mass is 10.1. The predicted molar refractivity (Wildman–Crippen MR) is 114 cm³/mol. The average molecular weight is 456 g/mol. The number of aliphatic hydroxyl groups excluding tert-OH is 1. The van der Waals surface area contributed by atoms with Crippen LogP contribution in [0, 0.1) is 5.92 Å². The highest BCUT2D eigenvalue weighted by Gasteiger charge is 2.68. The third kappa shape index (κ3) is 5.39. The fraction of sp³-hybridized carbons (Fsp3) is 0.682. The van der Waals surface area contributed by atoms with Crippen LogP contribution in [0.15, 0.2) is 35.2 Å². The van der Waals surface area contributed by atoms with Gasteiger partial charge in [-0.1, -0.05) is 18.2 Å². The van der Waals surface area contributed by atoms with E-state index in [9.17, 15) is 18.3 Å². The van der Waals surface area contributed by atoms with E-state index in [-0.39, 0.29) is 24.5 Å². The molecule has 1 amide bonds. The van der Waals surface area contributed by atoms with Gasteiger partial charge in [-0.2, -0.15) is 0 Å². The summed E-state index contributed by atoms with van der Waals surface area (Å²) in [5.41, 5.74) is -0.743. The van der Waals surface area contributed by atoms with E-state index < -0.39 is 44.5 Å². The van der Waals surface area contributed by atoms with Crippen LogP contribution in [0.4, 0.5) is 4.79 Å². The Balaban J connectivity index is 1.89. The summed E-state index contributed by atoms with van der Waals surface area (Å²) in [6, 6.07) is 7.19. The van der Waals surface area contributed by atoms with Crippen molar-refractivity contribution < 1.29 is 32.5 Å². The molecular formula is C22H33NO7S. The Morgan fingerprint density at radius 2 is 2.00 bits per heavy atom. The zero-order chi connectivity index (χ0) is 22.7. The first kappa shape index (κ1) is 24.0. The van der Waals surface area contributed by atoms with Crippen molar-refractivity contribution in [1.29, 1.82) is 0 Å². The van der Waals surface area contributed by atoms with Crippen LogP contribution in [-0.2, 0) is 24.0 Å². The van der Waals surface area contributed by atoms with Crippen molar-refractivity contribution in [3.05, 3.63) is 30.3 Å². The summed E-state index contributed by atoms with van der Waals surface area (Å²) >= 11 is 0. The molecule has 0 bridgehead atoms. The zero-order valence-electron chi connectivity index (χ0n) is 18.4. The minimum Gasteiger partial charge on any atom is -0.444 e. The van der Waals surface area contributed by atoms with Gasteiger partial charge in [-0.25, -0.2) is 13.2 Å². The lowest BCUT2D eigenvalue weighted by molar-refractivity contribution is -0.166. The molecular weight excluding hydrogens is 422 g/mol. The van der Waals surface area contributed by atoms with Crippen LogP contribution in [0.5, 0.6) is 0 Å². The molecule has 1 saturated heterocycles. The first-order valence-electron chi connectivity index (χ1n) is 10.7. The molecule has 1 saturated carbocycles. The molecule has 1 aromatic rings. The summed E-state index contributed by atoms with van der Waals surface area (Å²) in [7, 11) is -3.88. The van der Waals surface area contributed by atoms with E-state index in [1.165, 1.54) is 12.1 Å². The number of aliphatic hydroxyl groups is 1. The molecule has 2 N–H and O–H groups in total. The highest BCUT2D eigenvalue weighted by Crippen LogP contribution is 2.55. The SMILES string of the molecule is CC(C)(C)OC(=O)NC(COC1CCCCO1)C1(S(=O)(=O)c2ccccc2)CC1CO. The average Bonchev–Trinajstić information content (AvgIpc) is 3.48. The number of amides is 1. The summed E-state index contributed by atoms with van der Waals surface area (Å²) < 4.78 is 42.8. The van der Waals surface area contributed by atoms with E-state index in [0.29, 0.717) is 13.0 Å². The molecule has 4 unspecified atom stereocenters. The molecule has 2 aliphatic rings. The van der Waals surface area contributed by atoms with Gasteiger partial charge in [0, 0.05) is 19.1 Å². The Kier molecular flexibility index (Phi) is 7.30. The normalized spacial score (nSPS) is 27.4. The van der Waals surface area contributed by atoms with Crippen molar-refractivity contribution >= 4 is 15.9 Å². The molecule has 4 atom stereocenters. The number of nitrogens with one attached hydrogen (secondary N) is 1. The highest BCUT2D eigenvalue weighted by molar-refractivity contribution is 7.93. The minimum absolute atomic E-state index is 0.0630. The number of carbonyl (C=O) groups excluding carboxylic acids is 1.